The quantitative estimate of drug-likeness (QED) is 0.843. The third-order valence-electron chi connectivity index (χ3n) is 2.68. The number of hydrogen-bond acceptors (Lipinski definition) is 3. The third kappa shape index (κ3) is 3.45. The molecular formula is C15H10F3NO2. The van der Waals surface area contributed by atoms with E-state index < -0.39 is 11.7 Å². The minimum Gasteiger partial charge on any atom is -0.497 e. The number of ether oxygens (including phenoxy) is 2. The third-order valence-corrected chi connectivity index (χ3v) is 2.68. The molecule has 0 saturated carbocycles. The summed E-state index contributed by atoms with van der Waals surface area (Å²) in [6.07, 6.45) is -4.57. The van der Waals surface area contributed by atoms with E-state index in [2.05, 4.69) is 0 Å². The molecule has 0 heterocycles. The van der Waals surface area contributed by atoms with Crippen molar-refractivity contribution in [3.8, 4) is 23.3 Å². The Morgan fingerprint density at radius 3 is 2.43 bits per heavy atom. The van der Waals surface area contributed by atoms with Crippen LogP contribution in [0.3, 0.4) is 0 Å². The van der Waals surface area contributed by atoms with Crippen molar-refractivity contribution in [3.05, 3.63) is 53.6 Å². The predicted molar refractivity (Wildman–Crippen MR) is 69.2 cm³/mol. The van der Waals surface area contributed by atoms with Crippen molar-refractivity contribution in [2.45, 2.75) is 6.18 Å². The van der Waals surface area contributed by atoms with Gasteiger partial charge in [-0.3, -0.25) is 0 Å². The SMILES string of the molecule is COc1ccc(Oc2cccc(C#N)c2)c(C(F)(F)F)c1. The second-order valence-corrected chi connectivity index (χ2v) is 4.10. The molecule has 0 fully saturated rings. The molecule has 0 saturated heterocycles. The molecule has 0 unspecified atom stereocenters. The minimum absolute atomic E-state index is 0.0838. The maximum Gasteiger partial charge on any atom is 0.420 e. The molecule has 0 aliphatic rings. The van der Waals surface area contributed by atoms with E-state index in [0.29, 0.717) is 5.56 Å². The lowest BCUT2D eigenvalue weighted by atomic mass is 10.1. The van der Waals surface area contributed by atoms with E-state index in [1.54, 1.807) is 0 Å². The molecule has 0 amide bonds. The number of rotatable bonds is 3. The number of nitrogens with zero attached hydrogens (tertiary/aromatic N) is 1. The van der Waals surface area contributed by atoms with Crippen LogP contribution in [0.1, 0.15) is 11.1 Å². The van der Waals surface area contributed by atoms with Gasteiger partial charge in [0.1, 0.15) is 22.8 Å². The summed E-state index contributed by atoms with van der Waals surface area (Å²) in [5, 5.41) is 8.78. The first kappa shape index (κ1) is 14.7. The fourth-order valence-electron chi connectivity index (χ4n) is 1.70. The molecule has 0 radical (unpaired) electrons. The summed E-state index contributed by atoms with van der Waals surface area (Å²) in [5.41, 5.74) is -0.640. The lowest BCUT2D eigenvalue weighted by molar-refractivity contribution is -0.138. The highest BCUT2D eigenvalue weighted by molar-refractivity contribution is 5.45. The van der Waals surface area contributed by atoms with E-state index in [1.807, 2.05) is 6.07 Å². The van der Waals surface area contributed by atoms with Crippen LogP contribution in [0.5, 0.6) is 17.2 Å². The fraction of sp³-hybridized carbons (Fsp3) is 0.133. The van der Waals surface area contributed by atoms with Gasteiger partial charge in [-0.15, -0.1) is 0 Å². The summed E-state index contributed by atoms with van der Waals surface area (Å²) >= 11 is 0. The lowest BCUT2D eigenvalue weighted by Gasteiger charge is -2.15. The molecule has 2 aromatic rings. The maximum atomic E-state index is 13.0. The zero-order valence-electron chi connectivity index (χ0n) is 10.9. The number of halogens is 3. The normalized spacial score (nSPS) is 10.8. The lowest BCUT2D eigenvalue weighted by Crippen LogP contribution is -2.07. The van der Waals surface area contributed by atoms with E-state index in [0.717, 1.165) is 6.07 Å². The molecule has 0 atom stereocenters. The minimum atomic E-state index is -4.57. The van der Waals surface area contributed by atoms with Crippen molar-refractivity contribution in [2.75, 3.05) is 7.11 Å². The fourth-order valence-corrected chi connectivity index (χ4v) is 1.70. The van der Waals surface area contributed by atoms with Crippen molar-refractivity contribution in [3.63, 3.8) is 0 Å². The zero-order valence-corrected chi connectivity index (χ0v) is 10.9. The van der Waals surface area contributed by atoms with Crippen molar-refractivity contribution < 1.29 is 22.6 Å². The molecule has 6 heteroatoms. The number of benzene rings is 2. The van der Waals surface area contributed by atoms with Gasteiger partial charge < -0.3 is 9.47 Å². The topological polar surface area (TPSA) is 42.2 Å². The van der Waals surface area contributed by atoms with Gasteiger partial charge in [0, 0.05) is 0 Å². The van der Waals surface area contributed by atoms with Crippen LogP contribution >= 0.6 is 0 Å². The van der Waals surface area contributed by atoms with Crippen molar-refractivity contribution in [2.24, 2.45) is 0 Å². The molecule has 3 nitrogen and oxygen atoms in total. The van der Waals surface area contributed by atoms with E-state index >= 15 is 0 Å². The predicted octanol–water partition coefficient (Wildman–Crippen LogP) is 4.38. The molecule has 2 rings (SSSR count). The highest BCUT2D eigenvalue weighted by atomic mass is 19.4. The van der Waals surface area contributed by atoms with Gasteiger partial charge in [0.2, 0.25) is 0 Å². The molecular weight excluding hydrogens is 283 g/mol. The molecule has 0 spiro atoms. The van der Waals surface area contributed by atoms with Gasteiger partial charge in [0.05, 0.1) is 18.7 Å². The van der Waals surface area contributed by atoms with Gasteiger partial charge in [-0.1, -0.05) is 6.07 Å². The number of nitriles is 1. The van der Waals surface area contributed by atoms with E-state index in [-0.39, 0.29) is 17.2 Å². The Bertz CT molecular complexity index is 690. The monoisotopic (exact) mass is 293 g/mol. The number of alkyl halides is 3. The summed E-state index contributed by atoms with van der Waals surface area (Å²) < 4.78 is 49.1. The largest absolute Gasteiger partial charge is 0.497 e. The standard InChI is InChI=1S/C15H10F3NO2/c1-20-11-5-6-14(13(8-11)15(16,17)18)21-12-4-2-3-10(7-12)9-19/h2-8H,1H3. The maximum absolute atomic E-state index is 13.0. The zero-order chi connectivity index (χ0) is 15.5. The summed E-state index contributed by atoms with van der Waals surface area (Å²) in [6, 6.07) is 11.2. The Morgan fingerprint density at radius 1 is 1.05 bits per heavy atom. The highest BCUT2D eigenvalue weighted by Gasteiger charge is 2.35. The molecule has 0 aromatic heterocycles. The molecule has 0 aliphatic carbocycles. The smallest absolute Gasteiger partial charge is 0.420 e. The van der Waals surface area contributed by atoms with Gasteiger partial charge in [-0.25, -0.2) is 0 Å². The molecule has 2 aromatic carbocycles. The second kappa shape index (κ2) is 5.75. The van der Waals surface area contributed by atoms with Crippen LogP contribution < -0.4 is 9.47 Å². The van der Waals surface area contributed by atoms with E-state index in [9.17, 15) is 13.2 Å². The summed E-state index contributed by atoms with van der Waals surface area (Å²) in [4.78, 5) is 0. The van der Waals surface area contributed by atoms with Gasteiger partial charge in [-0.2, -0.15) is 18.4 Å². The summed E-state index contributed by atoms with van der Waals surface area (Å²) in [5.74, 6) is -0.108. The molecule has 0 bridgehead atoms. The van der Waals surface area contributed by atoms with Crippen LogP contribution in [0.4, 0.5) is 13.2 Å². The molecule has 0 N–H and O–H groups in total. The summed E-state index contributed by atoms with van der Waals surface area (Å²) in [7, 11) is 1.28. The van der Waals surface area contributed by atoms with Crippen LogP contribution in [-0.4, -0.2) is 7.11 Å². The van der Waals surface area contributed by atoms with Crippen molar-refractivity contribution in [1.82, 2.24) is 0 Å². The second-order valence-electron chi connectivity index (χ2n) is 4.10. The van der Waals surface area contributed by atoms with Gasteiger partial charge >= 0.3 is 6.18 Å². The number of hydrogen-bond donors (Lipinski definition) is 0. The Balaban J connectivity index is 2.41. The van der Waals surface area contributed by atoms with Crippen molar-refractivity contribution >= 4 is 0 Å². The van der Waals surface area contributed by atoms with Crippen LogP contribution in [0, 0.1) is 11.3 Å². The number of methoxy groups -OCH3 is 1. The first-order valence-electron chi connectivity index (χ1n) is 5.87. The van der Waals surface area contributed by atoms with Crippen LogP contribution in [-0.2, 0) is 6.18 Å². The first-order chi connectivity index (χ1) is 9.94. The van der Waals surface area contributed by atoms with Gasteiger partial charge in [0.25, 0.3) is 0 Å². The van der Waals surface area contributed by atoms with E-state index in [1.165, 1.54) is 43.5 Å². The van der Waals surface area contributed by atoms with Crippen LogP contribution in [0.15, 0.2) is 42.5 Å². The Kier molecular flexibility index (Phi) is 4.03. The highest BCUT2D eigenvalue weighted by Crippen LogP contribution is 2.40. The molecule has 0 aliphatic heterocycles. The Hall–Kier alpha value is -2.68. The molecule has 108 valence electrons. The van der Waals surface area contributed by atoms with Crippen LogP contribution in [0.2, 0.25) is 0 Å². The average molecular weight is 293 g/mol. The average Bonchev–Trinajstić information content (AvgIpc) is 2.46. The Morgan fingerprint density at radius 2 is 1.81 bits per heavy atom. The first-order valence-corrected chi connectivity index (χ1v) is 5.87. The molecule has 21 heavy (non-hydrogen) atoms. The van der Waals surface area contributed by atoms with Crippen LogP contribution in [0.25, 0.3) is 0 Å². The van der Waals surface area contributed by atoms with Gasteiger partial charge in [-0.05, 0) is 36.4 Å². The Labute approximate surface area is 119 Å². The van der Waals surface area contributed by atoms with Crippen molar-refractivity contribution in [1.29, 1.82) is 5.26 Å². The van der Waals surface area contributed by atoms with E-state index in [4.69, 9.17) is 14.7 Å². The van der Waals surface area contributed by atoms with Gasteiger partial charge in [0.15, 0.2) is 0 Å². The summed E-state index contributed by atoms with van der Waals surface area (Å²) in [6.45, 7) is 0.